The summed E-state index contributed by atoms with van der Waals surface area (Å²) >= 11 is 0. The lowest BCUT2D eigenvalue weighted by Gasteiger charge is -2.14. The maximum absolute atomic E-state index is 12.9. The van der Waals surface area contributed by atoms with Gasteiger partial charge in [0.1, 0.15) is 0 Å². The highest BCUT2D eigenvalue weighted by Crippen LogP contribution is 2.41. The number of aromatic nitrogens is 3. The summed E-state index contributed by atoms with van der Waals surface area (Å²) < 4.78 is 23.2. The predicted octanol–water partition coefficient (Wildman–Crippen LogP) is 4.37. The average molecular weight is 405 g/mol. The number of benzene rings is 1. The molecular formula is C21H31N3O5. The monoisotopic (exact) mass is 405 g/mol. The molecule has 0 unspecified atom stereocenters. The minimum absolute atomic E-state index is 0.113. The molecule has 0 amide bonds. The van der Waals surface area contributed by atoms with Crippen LogP contribution < -0.4 is 18.9 Å². The van der Waals surface area contributed by atoms with Gasteiger partial charge in [0.15, 0.2) is 17.3 Å². The Labute approximate surface area is 172 Å². The number of rotatable bonds is 11. The molecule has 1 aromatic heterocycles. The molecule has 0 aliphatic carbocycles. The average Bonchev–Trinajstić information content (AvgIpc) is 3.12. The number of carbonyl (C=O) groups excluding carboxylic acids is 1. The van der Waals surface area contributed by atoms with Crippen molar-refractivity contribution in [1.82, 2.24) is 14.8 Å². The van der Waals surface area contributed by atoms with Gasteiger partial charge in [-0.05, 0) is 32.4 Å². The van der Waals surface area contributed by atoms with Crippen LogP contribution in [0, 0.1) is 0 Å². The van der Waals surface area contributed by atoms with Crippen molar-refractivity contribution in [3.8, 4) is 34.6 Å². The van der Waals surface area contributed by atoms with Crippen LogP contribution in [-0.2, 0) is 0 Å². The van der Waals surface area contributed by atoms with E-state index in [-0.39, 0.29) is 18.0 Å². The summed E-state index contributed by atoms with van der Waals surface area (Å²) in [6.07, 6.45) is 4.31. The third-order valence-corrected chi connectivity index (χ3v) is 4.33. The first-order valence-electron chi connectivity index (χ1n) is 9.92. The lowest BCUT2D eigenvalue weighted by Crippen LogP contribution is -2.14. The fourth-order valence-electron chi connectivity index (χ4n) is 2.93. The standard InChI is InChI=1S/C21H31N3O5/c1-7-8-9-10-11-18(25)24-20(22-21(23-24)29-14(2)3)15-12-16(26-4)19(28-6)17(13-15)27-5/h12-14H,7-11H2,1-6H3. The second-order valence-electron chi connectivity index (χ2n) is 6.91. The maximum atomic E-state index is 12.9. The molecule has 0 aliphatic heterocycles. The molecule has 0 radical (unpaired) electrons. The number of hydrogen-bond acceptors (Lipinski definition) is 7. The molecule has 160 valence electrons. The normalized spacial score (nSPS) is 10.9. The molecule has 0 saturated carbocycles. The van der Waals surface area contributed by atoms with Gasteiger partial charge in [0.2, 0.25) is 11.7 Å². The Kier molecular flexibility index (Phi) is 8.30. The van der Waals surface area contributed by atoms with Crippen molar-refractivity contribution in [1.29, 1.82) is 0 Å². The van der Waals surface area contributed by atoms with E-state index < -0.39 is 0 Å². The van der Waals surface area contributed by atoms with Crippen molar-refractivity contribution in [2.45, 2.75) is 59.0 Å². The molecule has 0 aliphatic rings. The molecule has 1 heterocycles. The zero-order valence-electron chi connectivity index (χ0n) is 18.2. The molecule has 29 heavy (non-hydrogen) atoms. The summed E-state index contributed by atoms with van der Waals surface area (Å²) in [5.41, 5.74) is 0.618. The quantitative estimate of drug-likeness (QED) is 0.513. The third kappa shape index (κ3) is 5.62. The lowest BCUT2D eigenvalue weighted by molar-refractivity contribution is 0.0881. The number of carbonyl (C=O) groups is 1. The first kappa shape index (κ1) is 22.5. The molecule has 1 aromatic carbocycles. The van der Waals surface area contributed by atoms with Gasteiger partial charge in [0.05, 0.1) is 27.4 Å². The van der Waals surface area contributed by atoms with E-state index in [9.17, 15) is 4.79 Å². The number of nitrogens with zero attached hydrogens (tertiary/aromatic N) is 3. The summed E-state index contributed by atoms with van der Waals surface area (Å²) in [6, 6.07) is 3.64. The Morgan fingerprint density at radius 1 is 1.03 bits per heavy atom. The fraction of sp³-hybridized carbons (Fsp3) is 0.571. The van der Waals surface area contributed by atoms with Crippen LogP contribution in [0.4, 0.5) is 0 Å². The highest BCUT2D eigenvalue weighted by atomic mass is 16.5. The van der Waals surface area contributed by atoms with E-state index in [1.54, 1.807) is 12.1 Å². The number of unbranched alkanes of at least 4 members (excludes halogenated alkanes) is 3. The molecular weight excluding hydrogens is 374 g/mol. The smallest absolute Gasteiger partial charge is 0.336 e. The van der Waals surface area contributed by atoms with Crippen molar-refractivity contribution in [2.75, 3.05) is 21.3 Å². The third-order valence-electron chi connectivity index (χ3n) is 4.33. The second-order valence-corrected chi connectivity index (χ2v) is 6.91. The molecule has 2 aromatic rings. The van der Waals surface area contributed by atoms with Crippen LogP contribution in [-0.4, -0.2) is 48.1 Å². The Hall–Kier alpha value is -2.77. The number of hydrogen-bond donors (Lipinski definition) is 0. The van der Waals surface area contributed by atoms with E-state index in [0.717, 1.165) is 25.7 Å². The molecule has 0 atom stereocenters. The Balaban J connectivity index is 2.47. The molecule has 0 spiro atoms. The van der Waals surface area contributed by atoms with Crippen LogP contribution in [0.2, 0.25) is 0 Å². The van der Waals surface area contributed by atoms with Gasteiger partial charge in [-0.3, -0.25) is 4.79 Å². The Morgan fingerprint density at radius 2 is 1.69 bits per heavy atom. The van der Waals surface area contributed by atoms with Gasteiger partial charge in [0, 0.05) is 12.0 Å². The molecule has 0 fully saturated rings. The predicted molar refractivity (Wildman–Crippen MR) is 110 cm³/mol. The molecule has 0 saturated heterocycles. The Bertz CT molecular complexity index is 792. The molecule has 8 nitrogen and oxygen atoms in total. The Morgan fingerprint density at radius 3 is 2.21 bits per heavy atom. The first-order chi connectivity index (χ1) is 13.9. The van der Waals surface area contributed by atoms with Crippen molar-refractivity contribution >= 4 is 5.91 Å². The van der Waals surface area contributed by atoms with Gasteiger partial charge in [-0.25, -0.2) is 0 Å². The van der Waals surface area contributed by atoms with E-state index in [0.29, 0.717) is 35.1 Å². The highest BCUT2D eigenvalue weighted by Gasteiger charge is 2.22. The van der Waals surface area contributed by atoms with Gasteiger partial charge < -0.3 is 18.9 Å². The SMILES string of the molecule is CCCCCCC(=O)n1nc(OC(C)C)nc1-c1cc(OC)c(OC)c(OC)c1. The van der Waals surface area contributed by atoms with E-state index in [4.69, 9.17) is 18.9 Å². The van der Waals surface area contributed by atoms with Crippen LogP contribution in [0.5, 0.6) is 23.3 Å². The molecule has 8 heteroatoms. The molecule has 2 rings (SSSR count). The topological polar surface area (TPSA) is 84.7 Å². The second kappa shape index (κ2) is 10.7. The molecule has 0 N–H and O–H groups in total. The van der Waals surface area contributed by atoms with Gasteiger partial charge in [0.25, 0.3) is 0 Å². The van der Waals surface area contributed by atoms with Crippen LogP contribution >= 0.6 is 0 Å². The minimum atomic E-state index is -0.129. The van der Waals surface area contributed by atoms with Crippen LogP contribution in [0.25, 0.3) is 11.4 Å². The lowest BCUT2D eigenvalue weighted by atomic mass is 10.1. The summed E-state index contributed by atoms with van der Waals surface area (Å²) in [4.78, 5) is 17.3. The van der Waals surface area contributed by atoms with Gasteiger partial charge in [-0.1, -0.05) is 26.2 Å². The van der Waals surface area contributed by atoms with Crippen molar-refractivity contribution < 1.29 is 23.7 Å². The highest BCUT2D eigenvalue weighted by molar-refractivity contribution is 5.83. The molecule has 0 bridgehead atoms. The summed E-state index contributed by atoms with van der Waals surface area (Å²) in [5.74, 6) is 1.65. The van der Waals surface area contributed by atoms with E-state index in [2.05, 4.69) is 17.0 Å². The maximum Gasteiger partial charge on any atom is 0.336 e. The van der Waals surface area contributed by atoms with Crippen LogP contribution in [0.15, 0.2) is 12.1 Å². The number of methoxy groups -OCH3 is 3. The van der Waals surface area contributed by atoms with Crippen molar-refractivity contribution in [3.63, 3.8) is 0 Å². The van der Waals surface area contributed by atoms with Gasteiger partial charge >= 0.3 is 6.01 Å². The van der Waals surface area contributed by atoms with Crippen LogP contribution in [0.1, 0.15) is 57.7 Å². The van der Waals surface area contributed by atoms with Gasteiger partial charge in [-0.15, -0.1) is 5.10 Å². The zero-order chi connectivity index (χ0) is 21.4. The van der Waals surface area contributed by atoms with E-state index >= 15 is 0 Å². The summed E-state index contributed by atoms with van der Waals surface area (Å²) in [7, 11) is 4.62. The van der Waals surface area contributed by atoms with E-state index in [1.807, 2.05) is 13.8 Å². The van der Waals surface area contributed by atoms with Crippen molar-refractivity contribution in [3.05, 3.63) is 12.1 Å². The summed E-state index contributed by atoms with van der Waals surface area (Å²) in [6.45, 7) is 5.90. The summed E-state index contributed by atoms with van der Waals surface area (Å²) in [5, 5.41) is 4.30. The van der Waals surface area contributed by atoms with Gasteiger partial charge in [-0.2, -0.15) is 9.67 Å². The fourth-order valence-corrected chi connectivity index (χ4v) is 2.93. The van der Waals surface area contributed by atoms with Crippen LogP contribution in [0.3, 0.4) is 0 Å². The number of ether oxygens (including phenoxy) is 4. The zero-order valence-corrected chi connectivity index (χ0v) is 18.2. The largest absolute Gasteiger partial charge is 0.493 e. The van der Waals surface area contributed by atoms with Crippen molar-refractivity contribution in [2.24, 2.45) is 0 Å². The first-order valence-corrected chi connectivity index (χ1v) is 9.92. The minimum Gasteiger partial charge on any atom is -0.493 e. The van der Waals surface area contributed by atoms with E-state index in [1.165, 1.54) is 26.0 Å².